The molecule has 1 aliphatic rings. The molecule has 2 rings (SSSR count). The molecule has 0 spiro atoms. The van der Waals surface area contributed by atoms with Gasteiger partial charge in [-0.1, -0.05) is 12.1 Å². The molecule has 21 heavy (non-hydrogen) atoms. The molecule has 0 radical (unpaired) electrons. The molecule has 1 aliphatic carbocycles. The summed E-state index contributed by atoms with van der Waals surface area (Å²) in [5.41, 5.74) is 0.465. The van der Waals surface area contributed by atoms with Gasteiger partial charge in [0.05, 0.1) is 6.07 Å². The van der Waals surface area contributed by atoms with E-state index in [0.717, 1.165) is 24.4 Å². The molecule has 1 unspecified atom stereocenters. The van der Waals surface area contributed by atoms with Crippen LogP contribution in [0.5, 0.6) is 5.75 Å². The molecule has 1 N–H and O–H groups in total. The largest absolute Gasteiger partial charge is 0.435 e. The average Bonchev–Trinajstić information content (AvgIpc) is 3.28. The summed E-state index contributed by atoms with van der Waals surface area (Å²) in [5, 5.41) is 12.7. The first kappa shape index (κ1) is 15.7. The fourth-order valence-electron chi connectivity index (χ4n) is 2.11. The molecule has 0 amide bonds. The van der Waals surface area contributed by atoms with Gasteiger partial charge in [-0.15, -0.1) is 0 Å². The predicted molar refractivity (Wildman–Crippen MR) is 76.1 cm³/mol. The minimum Gasteiger partial charge on any atom is -0.435 e. The van der Waals surface area contributed by atoms with E-state index >= 15 is 0 Å². The molecule has 0 heterocycles. The van der Waals surface area contributed by atoms with Gasteiger partial charge in [0.2, 0.25) is 0 Å². The molecule has 0 bridgehead atoms. The number of hydrogen-bond acceptors (Lipinski definition) is 3. The zero-order valence-corrected chi connectivity index (χ0v) is 12.1. The Bertz CT molecular complexity index is 494. The highest BCUT2D eigenvalue weighted by atomic mass is 19.3. The van der Waals surface area contributed by atoms with Gasteiger partial charge >= 0.3 is 6.61 Å². The lowest BCUT2D eigenvalue weighted by Crippen LogP contribution is -2.42. The van der Waals surface area contributed by atoms with E-state index in [1.165, 1.54) is 25.0 Å². The van der Waals surface area contributed by atoms with Crippen LogP contribution in [0.4, 0.5) is 8.78 Å². The smallest absolute Gasteiger partial charge is 0.387 e. The van der Waals surface area contributed by atoms with Crippen LogP contribution in [0, 0.1) is 17.2 Å². The molecular weight excluding hydrogens is 274 g/mol. The second-order valence-corrected chi connectivity index (χ2v) is 5.79. The van der Waals surface area contributed by atoms with E-state index in [2.05, 4.69) is 16.1 Å². The van der Waals surface area contributed by atoms with E-state index in [4.69, 9.17) is 0 Å². The Labute approximate surface area is 123 Å². The lowest BCUT2D eigenvalue weighted by Gasteiger charge is -2.23. The third-order valence-electron chi connectivity index (χ3n) is 3.79. The van der Waals surface area contributed by atoms with Crippen molar-refractivity contribution in [2.75, 3.05) is 6.54 Å². The molecular formula is C16H20F2N2O. The van der Waals surface area contributed by atoms with Crippen LogP contribution in [0.1, 0.15) is 31.7 Å². The first-order chi connectivity index (χ1) is 10.0. The van der Waals surface area contributed by atoms with Gasteiger partial charge in [-0.05, 0) is 62.8 Å². The van der Waals surface area contributed by atoms with Crippen LogP contribution in [-0.4, -0.2) is 18.7 Å². The molecule has 1 atom stereocenters. The molecule has 0 aliphatic heterocycles. The number of nitrogens with zero attached hydrogens (tertiary/aromatic N) is 1. The Morgan fingerprint density at radius 2 is 2.05 bits per heavy atom. The molecule has 114 valence electrons. The lowest BCUT2D eigenvalue weighted by molar-refractivity contribution is -0.0498. The van der Waals surface area contributed by atoms with Crippen molar-refractivity contribution in [3.63, 3.8) is 0 Å². The quantitative estimate of drug-likeness (QED) is 0.798. The van der Waals surface area contributed by atoms with Gasteiger partial charge < -0.3 is 4.74 Å². The van der Waals surface area contributed by atoms with Crippen LogP contribution < -0.4 is 10.1 Å². The summed E-state index contributed by atoms with van der Waals surface area (Å²) < 4.78 is 28.4. The number of nitrogens with one attached hydrogen (secondary N) is 1. The van der Waals surface area contributed by atoms with E-state index in [9.17, 15) is 14.0 Å². The highest BCUT2D eigenvalue weighted by molar-refractivity contribution is 5.27. The summed E-state index contributed by atoms with van der Waals surface area (Å²) in [6.07, 6.45) is 3.90. The van der Waals surface area contributed by atoms with Crippen molar-refractivity contribution in [3.05, 3.63) is 29.8 Å². The number of ether oxygens (including phenoxy) is 1. The van der Waals surface area contributed by atoms with Gasteiger partial charge in [0, 0.05) is 0 Å². The standard InChI is InChI=1S/C16H20F2N2O/c1-16(11-19,20-10-13-2-3-13)9-8-12-4-6-14(7-5-12)21-15(17)18/h4-7,13,15,20H,2-3,8-10H2,1H3. The van der Waals surface area contributed by atoms with Crippen molar-refractivity contribution < 1.29 is 13.5 Å². The Balaban J connectivity index is 1.83. The van der Waals surface area contributed by atoms with E-state index < -0.39 is 12.2 Å². The SMILES string of the molecule is CC(C#N)(CCc1ccc(OC(F)F)cc1)NCC1CC1. The van der Waals surface area contributed by atoms with Crippen molar-refractivity contribution in [1.29, 1.82) is 5.26 Å². The molecule has 0 aromatic heterocycles. The number of benzene rings is 1. The minimum atomic E-state index is -2.80. The summed E-state index contributed by atoms with van der Waals surface area (Å²) in [7, 11) is 0. The van der Waals surface area contributed by atoms with E-state index in [1.54, 1.807) is 12.1 Å². The summed E-state index contributed by atoms with van der Waals surface area (Å²) >= 11 is 0. The fraction of sp³-hybridized carbons (Fsp3) is 0.562. The maximum Gasteiger partial charge on any atom is 0.387 e. The second kappa shape index (κ2) is 6.86. The van der Waals surface area contributed by atoms with Crippen molar-refractivity contribution in [2.45, 2.75) is 44.8 Å². The van der Waals surface area contributed by atoms with Crippen molar-refractivity contribution >= 4 is 0 Å². The van der Waals surface area contributed by atoms with Gasteiger partial charge in [-0.2, -0.15) is 14.0 Å². The molecule has 1 aromatic carbocycles. The van der Waals surface area contributed by atoms with Gasteiger partial charge in [0.15, 0.2) is 0 Å². The van der Waals surface area contributed by atoms with Crippen LogP contribution in [0.15, 0.2) is 24.3 Å². The summed E-state index contributed by atoms with van der Waals surface area (Å²) in [5.74, 6) is 0.882. The third kappa shape index (κ3) is 5.31. The fourth-order valence-corrected chi connectivity index (χ4v) is 2.11. The Hall–Kier alpha value is -1.67. The van der Waals surface area contributed by atoms with Crippen LogP contribution in [0.3, 0.4) is 0 Å². The summed E-state index contributed by atoms with van der Waals surface area (Å²) in [4.78, 5) is 0. The van der Waals surface area contributed by atoms with E-state index in [1.807, 2.05) is 6.92 Å². The first-order valence-corrected chi connectivity index (χ1v) is 7.21. The van der Waals surface area contributed by atoms with E-state index in [0.29, 0.717) is 6.42 Å². The minimum absolute atomic E-state index is 0.156. The maximum absolute atomic E-state index is 12.1. The van der Waals surface area contributed by atoms with Gasteiger partial charge in [0.25, 0.3) is 0 Å². The Kier molecular flexibility index (Phi) is 5.13. The predicted octanol–water partition coefficient (Wildman–Crippen LogP) is 3.50. The third-order valence-corrected chi connectivity index (χ3v) is 3.79. The molecule has 5 heteroatoms. The number of hydrogen-bond donors (Lipinski definition) is 1. The second-order valence-electron chi connectivity index (χ2n) is 5.79. The zero-order valence-electron chi connectivity index (χ0n) is 12.1. The molecule has 1 fully saturated rings. The van der Waals surface area contributed by atoms with Crippen molar-refractivity contribution in [3.8, 4) is 11.8 Å². The van der Waals surface area contributed by atoms with Crippen LogP contribution in [0.25, 0.3) is 0 Å². The average molecular weight is 294 g/mol. The first-order valence-electron chi connectivity index (χ1n) is 7.21. The molecule has 1 aromatic rings. The number of alkyl halides is 2. The Morgan fingerprint density at radius 3 is 2.57 bits per heavy atom. The monoisotopic (exact) mass is 294 g/mol. The van der Waals surface area contributed by atoms with Crippen molar-refractivity contribution in [1.82, 2.24) is 5.32 Å². The highest BCUT2D eigenvalue weighted by Crippen LogP contribution is 2.28. The van der Waals surface area contributed by atoms with E-state index in [-0.39, 0.29) is 5.75 Å². The van der Waals surface area contributed by atoms with Gasteiger partial charge in [-0.3, -0.25) is 5.32 Å². The van der Waals surface area contributed by atoms with Gasteiger partial charge in [0.1, 0.15) is 11.3 Å². The maximum atomic E-state index is 12.1. The summed E-state index contributed by atoms with van der Waals surface area (Å²) in [6, 6.07) is 8.92. The van der Waals surface area contributed by atoms with Crippen LogP contribution in [-0.2, 0) is 6.42 Å². The van der Waals surface area contributed by atoms with Gasteiger partial charge in [-0.25, -0.2) is 0 Å². The number of nitriles is 1. The van der Waals surface area contributed by atoms with Crippen molar-refractivity contribution in [2.24, 2.45) is 5.92 Å². The number of aryl methyl sites for hydroxylation is 1. The highest BCUT2D eigenvalue weighted by Gasteiger charge is 2.28. The number of rotatable bonds is 8. The van der Waals surface area contributed by atoms with Crippen LogP contribution >= 0.6 is 0 Å². The number of halogens is 2. The van der Waals surface area contributed by atoms with Crippen LogP contribution in [0.2, 0.25) is 0 Å². The normalized spacial score (nSPS) is 17.3. The molecule has 0 saturated heterocycles. The lowest BCUT2D eigenvalue weighted by atomic mass is 9.94. The zero-order chi connectivity index (χ0) is 15.3. The Morgan fingerprint density at radius 1 is 1.38 bits per heavy atom. The molecule has 3 nitrogen and oxygen atoms in total. The molecule has 1 saturated carbocycles. The summed E-state index contributed by atoms with van der Waals surface area (Å²) in [6.45, 7) is -0.00104. The topological polar surface area (TPSA) is 45.0 Å².